The normalized spacial score (nSPS) is 19.0. The number of nitrogens with zero attached hydrogens (tertiary/aromatic N) is 1. The molecular weight excluding hydrogens is 307 g/mol. The van der Waals surface area contributed by atoms with Crippen molar-refractivity contribution in [2.75, 3.05) is 26.7 Å². The third-order valence-corrected chi connectivity index (χ3v) is 4.35. The standard InChI is InChI=1S/C16H22ClFN2O2/c1-11(21)19-8-12-4-3-7-20(9-12)10-13-14(17)5-6-15(22-2)16(13)18/h5-6,12H,3-4,7-10H2,1-2H3,(H,19,21). The summed E-state index contributed by atoms with van der Waals surface area (Å²) in [4.78, 5) is 13.2. The van der Waals surface area contributed by atoms with E-state index in [0.717, 1.165) is 25.9 Å². The Balaban J connectivity index is 2.02. The van der Waals surface area contributed by atoms with Crippen LogP contribution < -0.4 is 10.1 Å². The van der Waals surface area contributed by atoms with Crippen LogP contribution in [0.15, 0.2) is 12.1 Å². The number of carbonyl (C=O) groups is 1. The molecular formula is C16H22ClFN2O2. The monoisotopic (exact) mass is 328 g/mol. The maximum absolute atomic E-state index is 14.3. The zero-order valence-electron chi connectivity index (χ0n) is 13.0. The molecule has 2 rings (SSSR count). The van der Waals surface area contributed by atoms with Crippen molar-refractivity contribution in [2.24, 2.45) is 5.92 Å². The van der Waals surface area contributed by atoms with Gasteiger partial charge in [-0.2, -0.15) is 0 Å². The first-order valence-corrected chi connectivity index (χ1v) is 7.86. The zero-order valence-corrected chi connectivity index (χ0v) is 13.8. The van der Waals surface area contributed by atoms with Crippen LogP contribution in [0.1, 0.15) is 25.3 Å². The lowest BCUT2D eigenvalue weighted by Crippen LogP contribution is -2.40. The smallest absolute Gasteiger partial charge is 0.216 e. The molecule has 122 valence electrons. The van der Waals surface area contributed by atoms with Crippen molar-refractivity contribution in [3.63, 3.8) is 0 Å². The number of rotatable bonds is 5. The number of methoxy groups -OCH3 is 1. The van der Waals surface area contributed by atoms with Crippen LogP contribution in [0.4, 0.5) is 4.39 Å². The molecule has 1 aromatic rings. The van der Waals surface area contributed by atoms with Gasteiger partial charge in [-0.25, -0.2) is 4.39 Å². The minimum absolute atomic E-state index is 0.0148. The van der Waals surface area contributed by atoms with Gasteiger partial charge in [0.05, 0.1) is 7.11 Å². The predicted molar refractivity (Wildman–Crippen MR) is 84.6 cm³/mol. The molecule has 1 saturated heterocycles. The summed E-state index contributed by atoms with van der Waals surface area (Å²) in [5, 5.41) is 3.27. The summed E-state index contributed by atoms with van der Waals surface area (Å²) in [5.41, 5.74) is 0.473. The Bertz CT molecular complexity index is 539. The van der Waals surface area contributed by atoms with Gasteiger partial charge < -0.3 is 10.1 Å². The molecule has 1 fully saturated rings. The van der Waals surface area contributed by atoms with Crippen LogP contribution in [-0.2, 0) is 11.3 Å². The molecule has 1 aliphatic rings. The van der Waals surface area contributed by atoms with E-state index < -0.39 is 0 Å². The SMILES string of the molecule is COc1ccc(Cl)c(CN2CCCC(CNC(C)=O)C2)c1F. The first kappa shape index (κ1) is 17.0. The molecule has 22 heavy (non-hydrogen) atoms. The van der Waals surface area contributed by atoms with Crippen LogP contribution in [0.3, 0.4) is 0 Å². The first-order valence-electron chi connectivity index (χ1n) is 7.49. The summed E-state index contributed by atoms with van der Waals surface area (Å²) in [6.07, 6.45) is 2.11. The molecule has 4 nitrogen and oxygen atoms in total. The molecule has 0 aromatic heterocycles. The zero-order chi connectivity index (χ0) is 16.1. The Labute approximate surface area is 135 Å². The van der Waals surface area contributed by atoms with E-state index in [4.69, 9.17) is 16.3 Å². The van der Waals surface area contributed by atoms with Crippen LogP contribution in [0, 0.1) is 11.7 Å². The summed E-state index contributed by atoms with van der Waals surface area (Å²) in [6.45, 7) is 4.38. The van der Waals surface area contributed by atoms with E-state index in [1.807, 2.05) is 0 Å². The molecule has 0 bridgehead atoms. The van der Waals surface area contributed by atoms with E-state index >= 15 is 0 Å². The highest BCUT2D eigenvalue weighted by molar-refractivity contribution is 6.31. The van der Waals surface area contributed by atoms with E-state index in [1.165, 1.54) is 20.1 Å². The van der Waals surface area contributed by atoms with Crippen molar-refractivity contribution in [2.45, 2.75) is 26.3 Å². The summed E-state index contributed by atoms with van der Waals surface area (Å²) in [6, 6.07) is 3.20. The molecule has 1 atom stereocenters. The van der Waals surface area contributed by atoms with E-state index in [9.17, 15) is 9.18 Å². The molecule has 1 aliphatic heterocycles. The maximum atomic E-state index is 14.3. The topological polar surface area (TPSA) is 41.6 Å². The van der Waals surface area contributed by atoms with Crippen molar-refractivity contribution < 1.29 is 13.9 Å². The summed E-state index contributed by atoms with van der Waals surface area (Å²) in [7, 11) is 1.44. The van der Waals surface area contributed by atoms with Crippen LogP contribution in [0.2, 0.25) is 5.02 Å². The van der Waals surface area contributed by atoms with Gasteiger partial charge in [0, 0.05) is 37.1 Å². The van der Waals surface area contributed by atoms with Crippen molar-refractivity contribution in [1.29, 1.82) is 0 Å². The predicted octanol–water partition coefficient (Wildman–Crippen LogP) is 2.84. The van der Waals surface area contributed by atoms with Crippen molar-refractivity contribution in [1.82, 2.24) is 10.2 Å². The maximum Gasteiger partial charge on any atom is 0.216 e. The molecule has 1 unspecified atom stereocenters. The van der Waals surface area contributed by atoms with Gasteiger partial charge in [0.25, 0.3) is 0 Å². The lowest BCUT2D eigenvalue weighted by molar-refractivity contribution is -0.119. The highest BCUT2D eigenvalue weighted by Crippen LogP contribution is 2.29. The molecule has 1 N–H and O–H groups in total. The second-order valence-electron chi connectivity index (χ2n) is 5.72. The van der Waals surface area contributed by atoms with Crippen molar-refractivity contribution >= 4 is 17.5 Å². The van der Waals surface area contributed by atoms with Gasteiger partial charge in [0.1, 0.15) is 0 Å². The third kappa shape index (κ3) is 4.34. The molecule has 1 aromatic carbocycles. The van der Waals surface area contributed by atoms with Crippen LogP contribution in [0.5, 0.6) is 5.75 Å². The molecule has 6 heteroatoms. The highest BCUT2D eigenvalue weighted by atomic mass is 35.5. The fraction of sp³-hybridized carbons (Fsp3) is 0.562. The fourth-order valence-electron chi connectivity index (χ4n) is 2.85. The van der Waals surface area contributed by atoms with E-state index in [1.54, 1.807) is 6.07 Å². The quantitative estimate of drug-likeness (QED) is 0.903. The van der Waals surface area contributed by atoms with Gasteiger partial charge in [0.2, 0.25) is 5.91 Å². The van der Waals surface area contributed by atoms with Gasteiger partial charge >= 0.3 is 0 Å². The average Bonchev–Trinajstić information content (AvgIpc) is 2.50. The minimum Gasteiger partial charge on any atom is -0.494 e. The second-order valence-corrected chi connectivity index (χ2v) is 6.13. The average molecular weight is 329 g/mol. The van der Waals surface area contributed by atoms with Crippen molar-refractivity contribution in [3.8, 4) is 5.75 Å². The Morgan fingerprint density at radius 1 is 1.55 bits per heavy atom. The Morgan fingerprint density at radius 2 is 2.32 bits per heavy atom. The fourth-order valence-corrected chi connectivity index (χ4v) is 3.06. The molecule has 1 amide bonds. The number of hydrogen-bond acceptors (Lipinski definition) is 3. The number of halogens is 2. The van der Waals surface area contributed by atoms with Crippen LogP contribution in [-0.4, -0.2) is 37.6 Å². The molecule has 0 saturated carbocycles. The van der Waals surface area contributed by atoms with Gasteiger partial charge in [-0.05, 0) is 37.4 Å². The van der Waals surface area contributed by atoms with Gasteiger partial charge in [-0.1, -0.05) is 11.6 Å². The summed E-state index contributed by atoms with van der Waals surface area (Å²) >= 11 is 6.14. The number of ether oxygens (including phenoxy) is 1. The molecule has 0 aliphatic carbocycles. The van der Waals surface area contributed by atoms with Crippen LogP contribution in [0.25, 0.3) is 0 Å². The Morgan fingerprint density at radius 3 is 3.00 bits per heavy atom. The van der Waals surface area contributed by atoms with Crippen molar-refractivity contribution in [3.05, 3.63) is 28.5 Å². The highest BCUT2D eigenvalue weighted by Gasteiger charge is 2.23. The van der Waals surface area contributed by atoms with Gasteiger partial charge in [-0.15, -0.1) is 0 Å². The lowest BCUT2D eigenvalue weighted by Gasteiger charge is -2.33. The van der Waals surface area contributed by atoms with Gasteiger partial charge in [-0.3, -0.25) is 9.69 Å². The Hall–Kier alpha value is -1.33. The minimum atomic E-state index is -0.390. The number of carbonyl (C=O) groups excluding carboxylic acids is 1. The number of benzene rings is 1. The molecule has 1 heterocycles. The number of nitrogens with one attached hydrogen (secondary N) is 1. The number of amides is 1. The third-order valence-electron chi connectivity index (χ3n) is 4.00. The lowest BCUT2D eigenvalue weighted by atomic mass is 9.97. The van der Waals surface area contributed by atoms with Gasteiger partial charge in [0.15, 0.2) is 11.6 Å². The first-order chi connectivity index (χ1) is 10.5. The Kier molecular flexibility index (Phi) is 6.03. The number of piperidine rings is 1. The van der Waals surface area contributed by atoms with E-state index in [2.05, 4.69) is 10.2 Å². The van der Waals surface area contributed by atoms with E-state index in [0.29, 0.717) is 29.6 Å². The van der Waals surface area contributed by atoms with Crippen LogP contribution >= 0.6 is 11.6 Å². The molecule has 0 radical (unpaired) electrons. The summed E-state index contributed by atoms with van der Waals surface area (Å²) < 4.78 is 19.4. The largest absolute Gasteiger partial charge is 0.494 e. The molecule has 0 spiro atoms. The van der Waals surface area contributed by atoms with E-state index in [-0.39, 0.29) is 17.5 Å². The second kappa shape index (κ2) is 7.79. The summed E-state index contributed by atoms with van der Waals surface area (Å²) in [5.74, 6) is 0.203. The number of likely N-dealkylation sites (tertiary alicyclic amines) is 1. The number of hydrogen-bond donors (Lipinski definition) is 1.